The summed E-state index contributed by atoms with van der Waals surface area (Å²) in [5.41, 5.74) is 2.24. The third-order valence-electron chi connectivity index (χ3n) is 4.78. The summed E-state index contributed by atoms with van der Waals surface area (Å²) in [6.07, 6.45) is 1.45. The Morgan fingerprint density at radius 2 is 1.88 bits per heavy atom. The largest absolute Gasteiger partial charge is 0.483 e. The summed E-state index contributed by atoms with van der Waals surface area (Å²) in [4.78, 5) is 27.9. The first-order valence-electron chi connectivity index (χ1n) is 9.02. The SMILES string of the molecule is Cc1ccc(C(C)C)c(OCC(=O)N2CCC(C(=O)N(C)C)CC2)c1. The van der Waals surface area contributed by atoms with Gasteiger partial charge in [0, 0.05) is 33.1 Å². The number of benzene rings is 1. The van der Waals surface area contributed by atoms with Crippen LogP contribution in [-0.4, -0.2) is 55.4 Å². The number of nitrogens with zero attached hydrogens (tertiary/aromatic N) is 2. The second kappa shape index (κ2) is 8.37. The van der Waals surface area contributed by atoms with Crippen LogP contribution in [0.1, 0.15) is 43.7 Å². The lowest BCUT2D eigenvalue weighted by atomic mass is 9.95. The van der Waals surface area contributed by atoms with Crippen molar-refractivity contribution in [2.24, 2.45) is 5.92 Å². The molecule has 0 radical (unpaired) electrons. The monoisotopic (exact) mass is 346 g/mol. The van der Waals surface area contributed by atoms with E-state index in [1.807, 2.05) is 17.9 Å². The highest BCUT2D eigenvalue weighted by Gasteiger charge is 2.28. The lowest BCUT2D eigenvalue weighted by Crippen LogP contribution is -2.44. The molecule has 0 atom stereocenters. The molecular formula is C20H30N2O3. The quantitative estimate of drug-likeness (QED) is 0.824. The number of ether oxygens (including phenoxy) is 1. The third-order valence-corrected chi connectivity index (χ3v) is 4.78. The molecule has 2 amide bonds. The molecule has 0 unspecified atom stereocenters. The van der Waals surface area contributed by atoms with Crippen molar-refractivity contribution in [1.82, 2.24) is 9.80 Å². The Bertz CT molecular complexity index is 617. The number of rotatable bonds is 5. The molecule has 5 nitrogen and oxygen atoms in total. The molecule has 0 aliphatic carbocycles. The van der Waals surface area contributed by atoms with Gasteiger partial charge in [0.15, 0.2) is 6.61 Å². The first-order valence-corrected chi connectivity index (χ1v) is 9.02. The fraction of sp³-hybridized carbons (Fsp3) is 0.600. The van der Waals surface area contributed by atoms with Crippen molar-refractivity contribution >= 4 is 11.8 Å². The van der Waals surface area contributed by atoms with Gasteiger partial charge in [-0.25, -0.2) is 0 Å². The first kappa shape index (κ1) is 19.3. The summed E-state index contributed by atoms with van der Waals surface area (Å²) < 4.78 is 5.84. The Kier molecular flexibility index (Phi) is 6.45. The topological polar surface area (TPSA) is 49.9 Å². The highest BCUT2D eigenvalue weighted by atomic mass is 16.5. The van der Waals surface area contributed by atoms with E-state index >= 15 is 0 Å². The zero-order valence-corrected chi connectivity index (χ0v) is 16.0. The Balaban J connectivity index is 1.90. The first-order chi connectivity index (χ1) is 11.8. The standard InChI is InChI=1S/C20H30N2O3/c1-14(2)17-7-6-15(3)12-18(17)25-13-19(23)22-10-8-16(9-11-22)20(24)21(4)5/h6-7,12,14,16H,8-11,13H2,1-5H3. The minimum Gasteiger partial charge on any atom is -0.483 e. The third kappa shape index (κ3) is 4.97. The number of piperidine rings is 1. The molecule has 25 heavy (non-hydrogen) atoms. The van der Waals surface area contributed by atoms with Gasteiger partial charge in [-0.05, 0) is 42.9 Å². The number of amides is 2. The van der Waals surface area contributed by atoms with Gasteiger partial charge in [-0.15, -0.1) is 0 Å². The van der Waals surface area contributed by atoms with Crippen LogP contribution in [0.3, 0.4) is 0 Å². The smallest absolute Gasteiger partial charge is 0.260 e. The number of hydrogen-bond donors (Lipinski definition) is 0. The van der Waals surface area contributed by atoms with Crippen molar-refractivity contribution in [3.8, 4) is 5.75 Å². The van der Waals surface area contributed by atoms with Crippen LogP contribution < -0.4 is 4.74 Å². The van der Waals surface area contributed by atoms with Gasteiger partial charge in [0.05, 0.1) is 0 Å². The van der Waals surface area contributed by atoms with Crippen LogP contribution in [0, 0.1) is 12.8 Å². The maximum atomic E-state index is 12.5. The predicted molar refractivity (Wildman–Crippen MR) is 98.8 cm³/mol. The van der Waals surface area contributed by atoms with Crippen LogP contribution in [0.2, 0.25) is 0 Å². The average Bonchev–Trinajstić information content (AvgIpc) is 2.58. The molecule has 1 saturated heterocycles. The number of likely N-dealkylation sites (tertiary alicyclic amines) is 1. The summed E-state index contributed by atoms with van der Waals surface area (Å²) in [5, 5.41) is 0. The van der Waals surface area contributed by atoms with Crippen LogP contribution in [0.5, 0.6) is 5.75 Å². The average molecular weight is 346 g/mol. The van der Waals surface area contributed by atoms with Crippen LogP contribution in [0.15, 0.2) is 18.2 Å². The van der Waals surface area contributed by atoms with E-state index in [9.17, 15) is 9.59 Å². The molecule has 1 aliphatic rings. The number of carbonyl (C=O) groups excluding carboxylic acids is 2. The molecule has 0 spiro atoms. The maximum absolute atomic E-state index is 12.5. The van der Waals surface area contributed by atoms with Gasteiger partial charge in [-0.1, -0.05) is 26.0 Å². The van der Waals surface area contributed by atoms with Crippen molar-refractivity contribution in [2.75, 3.05) is 33.8 Å². The van der Waals surface area contributed by atoms with Gasteiger partial charge in [0.25, 0.3) is 5.91 Å². The summed E-state index contributed by atoms with van der Waals surface area (Å²) in [6.45, 7) is 7.55. The highest BCUT2D eigenvalue weighted by Crippen LogP contribution is 2.27. The molecule has 0 bridgehead atoms. The zero-order valence-electron chi connectivity index (χ0n) is 16.0. The van der Waals surface area contributed by atoms with E-state index in [1.165, 1.54) is 0 Å². The van der Waals surface area contributed by atoms with E-state index in [0.29, 0.717) is 19.0 Å². The van der Waals surface area contributed by atoms with Crippen molar-refractivity contribution in [3.63, 3.8) is 0 Å². The molecule has 1 heterocycles. The summed E-state index contributed by atoms with van der Waals surface area (Å²) in [7, 11) is 3.56. The lowest BCUT2D eigenvalue weighted by Gasteiger charge is -2.32. The zero-order chi connectivity index (χ0) is 18.6. The molecule has 0 aromatic heterocycles. The van der Waals surface area contributed by atoms with Gasteiger partial charge in [-0.3, -0.25) is 9.59 Å². The van der Waals surface area contributed by atoms with Crippen molar-refractivity contribution in [3.05, 3.63) is 29.3 Å². The Labute approximate surface area is 150 Å². The molecule has 1 aliphatic heterocycles. The van der Waals surface area contributed by atoms with E-state index in [1.54, 1.807) is 19.0 Å². The summed E-state index contributed by atoms with van der Waals surface area (Å²) in [5.74, 6) is 1.32. The van der Waals surface area contributed by atoms with Crippen LogP contribution in [0.25, 0.3) is 0 Å². The second-order valence-corrected chi connectivity index (χ2v) is 7.37. The van der Waals surface area contributed by atoms with E-state index in [2.05, 4.69) is 26.0 Å². The lowest BCUT2D eigenvalue weighted by molar-refractivity contribution is -0.140. The molecular weight excluding hydrogens is 316 g/mol. The molecule has 138 valence electrons. The highest BCUT2D eigenvalue weighted by molar-refractivity contribution is 5.80. The summed E-state index contributed by atoms with van der Waals surface area (Å²) in [6, 6.07) is 6.12. The Morgan fingerprint density at radius 3 is 2.44 bits per heavy atom. The van der Waals surface area contributed by atoms with Gasteiger partial charge in [0.1, 0.15) is 5.75 Å². The molecule has 1 aromatic rings. The van der Waals surface area contributed by atoms with Crippen LogP contribution in [-0.2, 0) is 9.59 Å². The molecule has 2 rings (SSSR count). The van der Waals surface area contributed by atoms with Crippen molar-refractivity contribution in [1.29, 1.82) is 0 Å². The van der Waals surface area contributed by atoms with Gasteiger partial charge in [-0.2, -0.15) is 0 Å². The van der Waals surface area contributed by atoms with E-state index in [-0.39, 0.29) is 24.3 Å². The second-order valence-electron chi connectivity index (χ2n) is 7.37. The van der Waals surface area contributed by atoms with Crippen molar-refractivity contribution in [2.45, 2.75) is 39.5 Å². The van der Waals surface area contributed by atoms with Crippen LogP contribution >= 0.6 is 0 Å². The fourth-order valence-electron chi connectivity index (χ4n) is 3.22. The van der Waals surface area contributed by atoms with Gasteiger partial charge < -0.3 is 14.5 Å². The van der Waals surface area contributed by atoms with E-state index in [4.69, 9.17) is 4.74 Å². The number of carbonyl (C=O) groups is 2. The Hall–Kier alpha value is -2.04. The predicted octanol–water partition coefficient (Wildman–Crippen LogP) is 2.82. The fourth-order valence-corrected chi connectivity index (χ4v) is 3.22. The number of hydrogen-bond acceptors (Lipinski definition) is 3. The number of aryl methyl sites for hydroxylation is 1. The van der Waals surface area contributed by atoms with E-state index < -0.39 is 0 Å². The van der Waals surface area contributed by atoms with E-state index in [0.717, 1.165) is 29.7 Å². The molecule has 5 heteroatoms. The molecule has 1 aromatic carbocycles. The minimum atomic E-state index is -0.00744. The van der Waals surface area contributed by atoms with Gasteiger partial charge >= 0.3 is 0 Å². The molecule has 0 saturated carbocycles. The Morgan fingerprint density at radius 1 is 1.24 bits per heavy atom. The maximum Gasteiger partial charge on any atom is 0.260 e. The van der Waals surface area contributed by atoms with Crippen LogP contribution in [0.4, 0.5) is 0 Å². The molecule has 1 fully saturated rings. The minimum absolute atomic E-state index is 0.00744. The normalized spacial score (nSPS) is 15.4. The summed E-state index contributed by atoms with van der Waals surface area (Å²) >= 11 is 0. The molecule has 0 N–H and O–H groups in total. The van der Waals surface area contributed by atoms with Gasteiger partial charge in [0.2, 0.25) is 5.91 Å². The van der Waals surface area contributed by atoms with Crippen molar-refractivity contribution < 1.29 is 14.3 Å².